The van der Waals surface area contributed by atoms with Gasteiger partial charge in [0.2, 0.25) is 0 Å². The Morgan fingerprint density at radius 2 is 1.91 bits per heavy atom. The second-order valence-corrected chi connectivity index (χ2v) is 8.92. The van der Waals surface area contributed by atoms with E-state index in [-0.39, 0.29) is 11.8 Å². The Hall–Kier alpha value is -1.39. The van der Waals surface area contributed by atoms with Crippen molar-refractivity contribution in [1.29, 1.82) is 0 Å². The fourth-order valence-electron chi connectivity index (χ4n) is 3.51. The van der Waals surface area contributed by atoms with Crippen LogP contribution in [0.25, 0.3) is 10.8 Å². The van der Waals surface area contributed by atoms with E-state index in [4.69, 9.17) is 0 Å². The Bertz CT molecular complexity index is 785. The largest absolute Gasteiger partial charge is 0.299 e. The quantitative estimate of drug-likeness (QED) is 0.856. The predicted octanol–water partition coefficient (Wildman–Crippen LogP) is 3.73. The van der Waals surface area contributed by atoms with Crippen LogP contribution in [-0.4, -0.2) is 38.2 Å². The summed E-state index contributed by atoms with van der Waals surface area (Å²) >= 11 is 0. The van der Waals surface area contributed by atoms with Crippen molar-refractivity contribution in [1.82, 2.24) is 4.90 Å². The number of fused-ring (bicyclic) bond motifs is 1. The molecule has 2 atom stereocenters. The maximum absolute atomic E-state index is 12.8. The maximum atomic E-state index is 12.8. The summed E-state index contributed by atoms with van der Waals surface area (Å²) in [4.78, 5) is 2.76. The van der Waals surface area contributed by atoms with E-state index in [1.807, 2.05) is 37.3 Å². The summed E-state index contributed by atoms with van der Waals surface area (Å²) in [6, 6.07) is 13.4. The van der Waals surface area contributed by atoms with Gasteiger partial charge in [-0.2, -0.15) is 0 Å². The minimum atomic E-state index is -3.26. The van der Waals surface area contributed by atoms with E-state index in [9.17, 15) is 8.42 Å². The number of piperidine rings is 1. The molecular formula is C19H25NO2S. The molecule has 0 unspecified atom stereocenters. The predicted molar refractivity (Wildman–Crippen MR) is 95.4 cm³/mol. The van der Waals surface area contributed by atoms with Crippen molar-refractivity contribution in [2.75, 3.05) is 18.8 Å². The zero-order chi connectivity index (χ0) is 16.4. The van der Waals surface area contributed by atoms with Crippen LogP contribution in [0.3, 0.4) is 0 Å². The molecule has 3 nitrogen and oxygen atoms in total. The fraction of sp³-hybridized carbons (Fsp3) is 0.474. The molecule has 0 aromatic heterocycles. The molecule has 0 N–H and O–H groups in total. The summed E-state index contributed by atoms with van der Waals surface area (Å²) in [5.41, 5.74) is 0. The summed E-state index contributed by atoms with van der Waals surface area (Å²) in [7, 11) is -3.26. The molecule has 0 spiro atoms. The second-order valence-electron chi connectivity index (χ2n) is 6.88. The van der Waals surface area contributed by atoms with E-state index < -0.39 is 9.84 Å². The van der Waals surface area contributed by atoms with Crippen molar-refractivity contribution in [2.45, 2.75) is 37.6 Å². The first-order chi connectivity index (χ1) is 11.0. The third-order valence-corrected chi connectivity index (χ3v) is 6.75. The van der Waals surface area contributed by atoms with Crippen LogP contribution in [0.15, 0.2) is 47.4 Å². The first kappa shape index (κ1) is 16.5. The molecule has 1 aliphatic rings. The standard InChI is InChI=1S/C19H25NO2S/c1-15-6-5-11-20(13-15)16(2)14-23(21,22)19-10-9-17-7-3-4-8-18(17)12-19/h3-4,7-10,12,15-16H,5-6,11,13-14H2,1-2H3/t15-,16-/m0/s1. The van der Waals surface area contributed by atoms with Crippen molar-refractivity contribution in [3.05, 3.63) is 42.5 Å². The van der Waals surface area contributed by atoms with Gasteiger partial charge < -0.3 is 0 Å². The van der Waals surface area contributed by atoms with Gasteiger partial charge in [0.25, 0.3) is 0 Å². The molecule has 0 amide bonds. The maximum Gasteiger partial charge on any atom is 0.179 e. The third-order valence-electron chi connectivity index (χ3n) is 4.85. The van der Waals surface area contributed by atoms with Gasteiger partial charge in [-0.25, -0.2) is 8.42 Å². The first-order valence-corrected chi connectivity index (χ1v) is 10.1. The SMILES string of the molecule is C[C@H]1CCCN([C@@H](C)CS(=O)(=O)c2ccc3ccccc3c2)C1. The lowest BCUT2D eigenvalue weighted by Crippen LogP contribution is -2.43. The average Bonchev–Trinajstić information content (AvgIpc) is 2.54. The van der Waals surface area contributed by atoms with E-state index in [1.54, 1.807) is 12.1 Å². The fourth-order valence-corrected chi connectivity index (χ4v) is 5.13. The van der Waals surface area contributed by atoms with Crippen LogP contribution in [0, 0.1) is 5.92 Å². The summed E-state index contributed by atoms with van der Waals surface area (Å²) in [6.07, 6.45) is 2.42. The smallest absolute Gasteiger partial charge is 0.179 e. The number of nitrogens with zero attached hydrogens (tertiary/aromatic N) is 1. The summed E-state index contributed by atoms with van der Waals surface area (Å²) in [5.74, 6) is 0.854. The van der Waals surface area contributed by atoms with Crippen LogP contribution in [-0.2, 0) is 9.84 Å². The Balaban J connectivity index is 1.79. The van der Waals surface area contributed by atoms with Gasteiger partial charge >= 0.3 is 0 Å². The molecule has 0 saturated carbocycles. The van der Waals surface area contributed by atoms with Crippen molar-refractivity contribution in [2.24, 2.45) is 5.92 Å². The Morgan fingerprint density at radius 3 is 2.65 bits per heavy atom. The van der Waals surface area contributed by atoms with Gasteiger partial charge in [0.15, 0.2) is 9.84 Å². The van der Waals surface area contributed by atoms with Gasteiger partial charge in [-0.1, -0.05) is 37.3 Å². The number of benzene rings is 2. The second kappa shape index (κ2) is 6.62. The molecule has 1 saturated heterocycles. The van der Waals surface area contributed by atoms with Gasteiger partial charge in [0, 0.05) is 12.6 Å². The molecule has 1 heterocycles. The van der Waals surface area contributed by atoms with Crippen molar-refractivity contribution in [3.8, 4) is 0 Å². The Kier molecular flexibility index (Phi) is 4.74. The van der Waals surface area contributed by atoms with Gasteiger partial charge in [-0.3, -0.25) is 4.90 Å². The van der Waals surface area contributed by atoms with E-state index in [0.29, 0.717) is 10.8 Å². The average molecular weight is 331 g/mol. The minimum absolute atomic E-state index is 0.0641. The molecule has 0 radical (unpaired) electrons. The lowest BCUT2D eigenvalue weighted by molar-refractivity contribution is 0.149. The summed E-state index contributed by atoms with van der Waals surface area (Å²) < 4.78 is 25.6. The van der Waals surface area contributed by atoms with E-state index in [1.165, 1.54) is 12.8 Å². The normalized spacial score (nSPS) is 21.4. The van der Waals surface area contributed by atoms with Crippen molar-refractivity contribution >= 4 is 20.6 Å². The molecule has 1 aliphatic heterocycles. The van der Waals surface area contributed by atoms with Gasteiger partial charge in [-0.05, 0) is 55.1 Å². The minimum Gasteiger partial charge on any atom is -0.299 e. The van der Waals surface area contributed by atoms with Crippen LogP contribution in [0.1, 0.15) is 26.7 Å². The van der Waals surface area contributed by atoms with Crippen LogP contribution < -0.4 is 0 Å². The highest BCUT2D eigenvalue weighted by atomic mass is 32.2. The molecule has 1 fully saturated rings. The monoisotopic (exact) mass is 331 g/mol. The number of sulfone groups is 1. The van der Waals surface area contributed by atoms with Gasteiger partial charge in [0.05, 0.1) is 10.6 Å². The Labute approximate surface area is 139 Å². The summed E-state index contributed by atoms with van der Waals surface area (Å²) in [6.45, 7) is 6.31. The van der Waals surface area contributed by atoms with E-state index in [0.717, 1.165) is 23.9 Å². The molecule has 124 valence electrons. The molecular weight excluding hydrogens is 306 g/mol. The van der Waals surface area contributed by atoms with Crippen molar-refractivity contribution in [3.63, 3.8) is 0 Å². The number of hydrogen-bond donors (Lipinski definition) is 0. The zero-order valence-electron chi connectivity index (χ0n) is 13.9. The lowest BCUT2D eigenvalue weighted by Gasteiger charge is -2.35. The molecule has 2 aromatic rings. The zero-order valence-corrected chi connectivity index (χ0v) is 14.7. The van der Waals surface area contributed by atoms with Gasteiger partial charge in [-0.15, -0.1) is 0 Å². The molecule has 0 bridgehead atoms. The highest BCUT2D eigenvalue weighted by molar-refractivity contribution is 7.91. The summed E-state index contributed by atoms with van der Waals surface area (Å²) in [5, 5.41) is 2.05. The first-order valence-electron chi connectivity index (χ1n) is 8.41. The number of rotatable bonds is 4. The topological polar surface area (TPSA) is 37.4 Å². The van der Waals surface area contributed by atoms with Gasteiger partial charge in [0.1, 0.15) is 0 Å². The highest BCUT2D eigenvalue weighted by Crippen LogP contribution is 2.23. The molecule has 23 heavy (non-hydrogen) atoms. The van der Waals surface area contributed by atoms with Crippen molar-refractivity contribution < 1.29 is 8.42 Å². The van der Waals surface area contributed by atoms with Crippen LogP contribution in [0.5, 0.6) is 0 Å². The van der Waals surface area contributed by atoms with E-state index >= 15 is 0 Å². The highest BCUT2D eigenvalue weighted by Gasteiger charge is 2.26. The van der Waals surface area contributed by atoms with Crippen LogP contribution in [0.4, 0.5) is 0 Å². The van der Waals surface area contributed by atoms with Crippen LogP contribution in [0.2, 0.25) is 0 Å². The molecule has 0 aliphatic carbocycles. The molecule has 3 rings (SSSR count). The molecule has 2 aromatic carbocycles. The Morgan fingerprint density at radius 1 is 1.17 bits per heavy atom. The third kappa shape index (κ3) is 3.75. The van der Waals surface area contributed by atoms with Crippen LogP contribution >= 0.6 is 0 Å². The molecule has 4 heteroatoms. The number of likely N-dealkylation sites (tertiary alicyclic amines) is 1. The van der Waals surface area contributed by atoms with E-state index in [2.05, 4.69) is 11.8 Å². The number of hydrogen-bond acceptors (Lipinski definition) is 3. The lowest BCUT2D eigenvalue weighted by atomic mass is 9.99.